The largest absolute Gasteiger partial charge is 0.238 e. The summed E-state index contributed by atoms with van der Waals surface area (Å²) in [5.41, 5.74) is 13.0. The van der Waals surface area contributed by atoms with E-state index in [1.165, 1.54) is 27.6 Å². The first kappa shape index (κ1) is 23.2. The van der Waals surface area contributed by atoms with Crippen LogP contribution in [-0.4, -0.2) is 0 Å². The molecule has 0 fully saturated rings. The Balaban J connectivity index is 1.54. The monoisotopic (exact) mass is 505 g/mol. The maximum absolute atomic E-state index is 9.50. The van der Waals surface area contributed by atoms with Gasteiger partial charge in [0, 0.05) is 0 Å². The summed E-state index contributed by atoms with van der Waals surface area (Å²) in [6.45, 7) is 7.36. The summed E-state index contributed by atoms with van der Waals surface area (Å²) >= 11 is 0. The third-order valence-corrected chi connectivity index (χ3v) is 7.72. The molecule has 0 heterocycles. The predicted molar refractivity (Wildman–Crippen MR) is 160 cm³/mol. The Kier molecular flexibility index (Phi) is 5.28. The summed E-state index contributed by atoms with van der Waals surface area (Å²) in [6.07, 6.45) is 0. The molecular weight excluding hydrogens is 486 g/mol. The van der Waals surface area contributed by atoms with Crippen LogP contribution in [0.1, 0.15) is 11.1 Å². The minimum Gasteiger partial charge on any atom is -0.238 e. The van der Waals surface area contributed by atoms with Gasteiger partial charge in [-0.05, 0) is 90.7 Å². The van der Waals surface area contributed by atoms with Crippen LogP contribution < -0.4 is 0 Å². The fourth-order valence-electron chi connectivity index (χ4n) is 5.91. The van der Waals surface area contributed by atoms with Crippen LogP contribution in [0.25, 0.3) is 71.3 Å². The lowest BCUT2D eigenvalue weighted by Gasteiger charge is -2.16. The van der Waals surface area contributed by atoms with E-state index in [2.05, 4.69) is 65.5 Å². The van der Waals surface area contributed by atoms with E-state index in [-0.39, 0.29) is 0 Å². The molecule has 0 bridgehead atoms. The molecule has 1 aliphatic rings. The summed E-state index contributed by atoms with van der Waals surface area (Å²) in [4.78, 5) is 3.57. The molecule has 3 nitrogen and oxygen atoms in total. The second-order valence-corrected chi connectivity index (χ2v) is 9.84. The van der Waals surface area contributed by atoms with Gasteiger partial charge in [0.25, 0.3) is 0 Å². The number of rotatable bonds is 3. The lowest BCUT2D eigenvalue weighted by molar-refractivity contribution is 1.48. The number of hydrogen-bond acceptors (Lipinski definition) is 2. The van der Waals surface area contributed by atoms with Gasteiger partial charge in [-0.3, -0.25) is 0 Å². The zero-order valence-electron chi connectivity index (χ0n) is 21.3. The van der Waals surface area contributed by atoms with E-state index in [1.807, 2.05) is 66.7 Å². The molecule has 0 atom stereocenters. The molecule has 6 aromatic carbocycles. The molecule has 0 amide bonds. The highest BCUT2D eigenvalue weighted by Crippen LogP contribution is 2.55. The standard InChI is InChI=1S/C37H19N3/c1-40-28-14-12-26(13-15-28)31-18-17-30(25-10-8-23(21-38)9-11-25)37-34-19-16-29(27-5-2-4-24(20-27)22-39)32-6-3-7-33(35(32)34)36(31)37/h2-20H. The van der Waals surface area contributed by atoms with E-state index in [1.54, 1.807) is 0 Å². The molecule has 1 aliphatic carbocycles. The Bertz CT molecular complexity index is 2020. The topological polar surface area (TPSA) is 51.9 Å². The van der Waals surface area contributed by atoms with Gasteiger partial charge in [-0.2, -0.15) is 10.5 Å². The molecule has 0 saturated heterocycles. The number of benzene rings is 6. The van der Waals surface area contributed by atoms with Crippen LogP contribution in [0.3, 0.4) is 0 Å². The number of nitriles is 2. The first-order valence-electron chi connectivity index (χ1n) is 12.9. The van der Waals surface area contributed by atoms with Gasteiger partial charge in [-0.1, -0.05) is 91.0 Å². The molecular formula is C37H19N3. The number of fused-ring (bicyclic) bond motifs is 3. The van der Waals surface area contributed by atoms with Crippen molar-refractivity contribution < 1.29 is 0 Å². The predicted octanol–water partition coefficient (Wildman–Crippen LogP) is 9.78. The summed E-state index contributed by atoms with van der Waals surface area (Å²) in [5.74, 6) is 0. The van der Waals surface area contributed by atoms with Crippen LogP contribution in [0.4, 0.5) is 5.69 Å². The highest BCUT2D eigenvalue weighted by molar-refractivity contribution is 6.23. The van der Waals surface area contributed by atoms with Gasteiger partial charge in [0.15, 0.2) is 5.69 Å². The highest BCUT2D eigenvalue weighted by Gasteiger charge is 2.28. The lowest BCUT2D eigenvalue weighted by atomic mass is 9.87. The third-order valence-electron chi connectivity index (χ3n) is 7.72. The molecule has 0 saturated carbocycles. The molecule has 182 valence electrons. The molecule has 6 aromatic rings. The summed E-state index contributed by atoms with van der Waals surface area (Å²) in [6, 6.07) is 42.9. The van der Waals surface area contributed by atoms with Crippen molar-refractivity contribution in [3.8, 4) is 67.8 Å². The van der Waals surface area contributed by atoms with Gasteiger partial charge in [-0.25, -0.2) is 4.85 Å². The Morgan fingerprint density at radius 3 is 1.73 bits per heavy atom. The van der Waals surface area contributed by atoms with Crippen LogP contribution in [0.5, 0.6) is 0 Å². The van der Waals surface area contributed by atoms with Gasteiger partial charge >= 0.3 is 0 Å². The average molecular weight is 506 g/mol. The van der Waals surface area contributed by atoms with Crippen molar-refractivity contribution in [1.29, 1.82) is 10.5 Å². The second kappa shape index (κ2) is 9.11. The van der Waals surface area contributed by atoms with E-state index >= 15 is 0 Å². The van der Waals surface area contributed by atoms with Crippen LogP contribution in [0.15, 0.2) is 115 Å². The van der Waals surface area contributed by atoms with Crippen molar-refractivity contribution in [1.82, 2.24) is 0 Å². The number of nitrogens with zero attached hydrogens (tertiary/aromatic N) is 3. The van der Waals surface area contributed by atoms with Gasteiger partial charge < -0.3 is 0 Å². The third kappa shape index (κ3) is 3.49. The SMILES string of the molecule is [C-]#[N+]c1ccc(-c2ccc(-c3ccc(C#N)cc3)c3c2-c2cccc4c(-c5cccc(C#N)c5)ccc-3c24)cc1. The van der Waals surface area contributed by atoms with E-state index < -0.39 is 0 Å². The minimum absolute atomic E-state index is 0.615. The van der Waals surface area contributed by atoms with Gasteiger partial charge in [0.2, 0.25) is 0 Å². The summed E-state index contributed by atoms with van der Waals surface area (Å²) in [5, 5.41) is 21.2. The molecule has 3 heteroatoms. The maximum Gasteiger partial charge on any atom is 0.187 e. The molecule has 0 aliphatic heterocycles. The molecule has 0 N–H and O–H groups in total. The first-order valence-corrected chi connectivity index (χ1v) is 12.9. The van der Waals surface area contributed by atoms with Crippen molar-refractivity contribution in [2.45, 2.75) is 0 Å². The van der Waals surface area contributed by atoms with Crippen LogP contribution in [-0.2, 0) is 0 Å². The Morgan fingerprint density at radius 1 is 0.500 bits per heavy atom. The van der Waals surface area contributed by atoms with E-state index in [0.717, 1.165) is 38.8 Å². The molecule has 7 rings (SSSR count). The molecule has 0 aromatic heterocycles. The quantitative estimate of drug-likeness (QED) is 0.224. The molecule has 40 heavy (non-hydrogen) atoms. The smallest absolute Gasteiger partial charge is 0.187 e. The normalized spacial score (nSPS) is 10.9. The molecule has 0 radical (unpaired) electrons. The highest BCUT2D eigenvalue weighted by atomic mass is 14.6. The van der Waals surface area contributed by atoms with Gasteiger partial charge in [0.05, 0.1) is 29.8 Å². The molecule has 0 unspecified atom stereocenters. The summed E-state index contributed by atoms with van der Waals surface area (Å²) < 4.78 is 0. The van der Waals surface area contributed by atoms with Crippen molar-refractivity contribution >= 4 is 16.5 Å². The van der Waals surface area contributed by atoms with Crippen molar-refractivity contribution in [3.05, 3.63) is 138 Å². The van der Waals surface area contributed by atoms with Crippen molar-refractivity contribution in [3.63, 3.8) is 0 Å². The maximum atomic E-state index is 9.50. The zero-order chi connectivity index (χ0) is 27.2. The Hall–Kier alpha value is -5.95. The van der Waals surface area contributed by atoms with Crippen LogP contribution in [0, 0.1) is 29.2 Å². The fraction of sp³-hybridized carbons (Fsp3) is 0. The van der Waals surface area contributed by atoms with Crippen LogP contribution >= 0.6 is 0 Å². The fourth-order valence-corrected chi connectivity index (χ4v) is 5.91. The number of hydrogen-bond donors (Lipinski definition) is 0. The Morgan fingerprint density at radius 2 is 1.07 bits per heavy atom. The van der Waals surface area contributed by atoms with Crippen molar-refractivity contribution in [2.75, 3.05) is 0 Å². The van der Waals surface area contributed by atoms with Gasteiger partial charge in [0.1, 0.15) is 0 Å². The second-order valence-electron chi connectivity index (χ2n) is 9.84. The van der Waals surface area contributed by atoms with E-state index in [9.17, 15) is 10.5 Å². The minimum atomic E-state index is 0.615. The first-order chi connectivity index (χ1) is 19.7. The van der Waals surface area contributed by atoms with Crippen molar-refractivity contribution in [2.24, 2.45) is 0 Å². The lowest BCUT2D eigenvalue weighted by Crippen LogP contribution is -1.90. The van der Waals surface area contributed by atoms with Gasteiger partial charge in [-0.15, -0.1) is 0 Å². The zero-order valence-corrected chi connectivity index (χ0v) is 21.3. The van der Waals surface area contributed by atoms with E-state index in [4.69, 9.17) is 6.57 Å². The average Bonchev–Trinajstić information content (AvgIpc) is 3.37. The summed E-state index contributed by atoms with van der Waals surface area (Å²) in [7, 11) is 0. The van der Waals surface area contributed by atoms with Crippen LogP contribution in [0.2, 0.25) is 0 Å². The molecule has 0 spiro atoms. The Labute approximate surface area is 232 Å². The van der Waals surface area contributed by atoms with E-state index in [0.29, 0.717) is 16.8 Å².